The van der Waals surface area contributed by atoms with Crippen LogP contribution < -0.4 is 4.90 Å². The lowest BCUT2D eigenvalue weighted by Crippen LogP contribution is -3.13. The number of hydrogen-bond donors (Lipinski definition) is 1. The summed E-state index contributed by atoms with van der Waals surface area (Å²) in [6, 6.07) is 20.7. The van der Waals surface area contributed by atoms with Gasteiger partial charge >= 0.3 is 6.18 Å². The maximum absolute atomic E-state index is 13.2. The third-order valence-electron chi connectivity index (χ3n) is 5.60. The van der Waals surface area contributed by atoms with Crippen molar-refractivity contribution in [2.45, 2.75) is 19.3 Å². The molecular weight excluding hydrogens is 361 g/mol. The van der Waals surface area contributed by atoms with Crippen molar-refractivity contribution < 1.29 is 18.1 Å². The molecule has 3 aromatic carbocycles. The number of rotatable bonds is 4. The second kappa shape index (κ2) is 7.94. The molecule has 3 aromatic rings. The first-order valence-corrected chi connectivity index (χ1v) is 9.68. The smallest absolute Gasteiger partial charge is 0.329 e. The third kappa shape index (κ3) is 4.21. The topological polar surface area (TPSA) is 7.68 Å². The molecule has 0 bridgehead atoms. The lowest BCUT2D eigenvalue weighted by molar-refractivity contribution is -0.918. The molecule has 1 N–H and O–H groups in total. The van der Waals surface area contributed by atoms with Crippen LogP contribution in [0, 0.1) is 0 Å². The highest BCUT2D eigenvalue weighted by Crippen LogP contribution is 2.31. The summed E-state index contributed by atoms with van der Waals surface area (Å²) in [5.41, 5.74) is 1.21. The summed E-state index contributed by atoms with van der Waals surface area (Å²) in [6.07, 6.45) is -4.29. The largest absolute Gasteiger partial charge is 0.416 e. The summed E-state index contributed by atoms with van der Waals surface area (Å²) in [4.78, 5) is 3.62. The van der Waals surface area contributed by atoms with Crippen molar-refractivity contribution in [2.24, 2.45) is 0 Å². The second-order valence-electron chi connectivity index (χ2n) is 7.50. The monoisotopic (exact) mass is 385 g/mol. The fraction of sp³-hybridized carbons (Fsp3) is 0.304. The lowest BCUT2D eigenvalue weighted by atomic mass is 10.0. The number of halogens is 3. The number of benzene rings is 3. The molecule has 0 saturated carbocycles. The number of piperazine rings is 1. The SMILES string of the molecule is FC(F)(F)c1ccccc1C[NH+]1CCN(Cc2cccc3ccccc23)CC1. The van der Waals surface area contributed by atoms with Crippen LogP contribution in [0.2, 0.25) is 0 Å². The number of nitrogens with one attached hydrogen (secondary N) is 1. The van der Waals surface area contributed by atoms with E-state index < -0.39 is 11.7 Å². The van der Waals surface area contributed by atoms with E-state index in [1.54, 1.807) is 12.1 Å². The molecule has 0 atom stereocenters. The maximum Gasteiger partial charge on any atom is 0.416 e. The van der Waals surface area contributed by atoms with E-state index >= 15 is 0 Å². The van der Waals surface area contributed by atoms with Gasteiger partial charge in [-0.2, -0.15) is 13.2 Å². The molecule has 0 aliphatic carbocycles. The minimum Gasteiger partial charge on any atom is -0.329 e. The van der Waals surface area contributed by atoms with Crippen molar-refractivity contribution in [3.8, 4) is 0 Å². The summed E-state index contributed by atoms with van der Waals surface area (Å²) < 4.78 is 39.7. The Bertz CT molecular complexity index is 938. The van der Waals surface area contributed by atoms with Crippen molar-refractivity contribution in [2.75, 3.05) is 26.2 Å². The van der Waals surface area contributed by atoms with E-state index in [0.717, 1.165) is 32.7 Å². The Morgan fingerprint density at radius 2 is 1.43 bits per heavy atom. The van der Waals surface area contributed by atoms with Gasteiger partial charge in [0.25, 0.3) is 0 Å². The van der Waals surface area contributed by atoms with Gasteiger partial charge in [-0.1, -0.05) is 60.7 Å². The molecule has 1 aliphatic heterocycles. The minimum absolute atomic E-state index is 0.396. The van der Waals surface area contributed by atoms with Crippen LogP contribution in [0.25, 0.3) is 10.8 Å². The van der Waals surface area contributed by atoms with Crippen LogP contribution in [-0.4, -0.2) is 31.1 Å². The Morgan fingerprint density at radius 1 is 0.786 bits per heavy atom. The van der Waals surface area contributed by atoms with Gasteiger partial charge in [0.1, 0.15) is 6.54 Å². The van der Waals surface area contributed by atoms with Crippen LogP contribution in [0.4, 0.5) is 13.2 Å². The first-order valence-electron chi connectivity index (χ1n) is 9.68. The molecule has 0 unspecified atom stereocenters. The van der Waals surface area contributed by atoms with Gasteiger partial charge in [0.15, 0.2) is 0 Å². The zero-order valence-electron chi connectivity index (χ0n) is 15.7. The Kier molecular flexibility index (Phi) is 5.38. The van der Waals surface area contributed by atoms with Crippen molar-refractivity contribution in [1.29, 1.82) is 0 Å². The minimum atomic E-state index is -4.29. The van der Waals surface area contributed by atoms with E-state index in [-0.39, 0.29) is 0 Å². The van der Waals surface area contributed by atoms with E-state index in [2.05, 4.69) is 41.3 Å². The van der Waals surface area contributed by atoms with Gasteiger partial charge in [-0.15, -0.1) is 0 Å². The van der Waals surface area contributed by atoms with Gasteiger partial charge < -0.3 is 4.90 Å². The predicted octanol–water partition coefficient (Wildman–Crippen LogP) is 3.76. The zero-order chi connectivity index (χ0) is 19.6. The van der Waals surface area contributed by atoms with Gasteiger partial charge in [0.2, 0.25) is 0 Å². The number of hydrogen-bond acceptors (Lipinski definition) is 1. The van der Waals surface area contributed by atoms with E-state index in [0.29, 0.717) is 12.1 Å². The maximum atomic E-state index is 13.2. The Balaban J connectivity index is 1.39. The first kappa shape index (κ1) is 19.0. The molecule has 2 nitrogen and oxygen atoms in total. The molecule has 28 heavy (non-hydrogen) atoms. The molecule has 1 fully saturated rings. The third-order valence-corrected chi connectivity index (χ3v) is 5.60. The average molecular weight is 385 g/mol. The lowest BCUT2D eigenvalue weighted by Gasteiger charge is -2.32. The highest BCUT2D eigenvalue weighted by atomic mass is 19.4. The first-order chi connectivity index (χ1) is 13.5. The van der Waals surface area contributed by atoms with Crippen molar-refractivity contribution in [1.82, 2.24) is 4.90 Å². The molecule has 0 spiro atoms. The van der Waals surface area contributed by atoms with Crippen LogP contribution in [0.1, 0.15) is 16.7 Å². The average Bonchev–Trinajstić information content (AvgIpc) is 2.69. The molecule has 146 valence electrons. The summed E-state index contributed by atoms with van der Waals surface area (Å²) in [7, 11) is 0. The van der Waals surface area contributed by atoms with Gasteiger partial charge in [0.05, 0.1) is 18.7 Å². The van der Waals surface area contributed by atoms with Gasteiger partial charge in [-0.25, -0.2) is 0 Å². The van der Waals surface area contributed by atoms with Gasteiger partial charge in [-0.05, 0) is 22.4 Å². The van der Waals surface area contributed by atoms with Crippen LogP contribution >= 0.6 is 0 Å². The summed E-state index contributed by atoms with van der Waals surface area (Å²) in [5, 5.41) is 2.52. The number of alkyl halides is 3. The fourth-order valence-corrected chi connectivity index (χ4v) is 4.10. The van der Waals surface area contributed by atoms with Crippen molar-refractivity contribution in [3.05, 3.63) is 83.4 Å². The number of nitrogens with zero attached hydrogens (tertiary/aromatic N) is 1. The summed E-state index contributed by atoms with van der Waals surface area (Å²) >= 11 is 0. The molecule has 1 aliphatic rings. The highest BCUT2D eigenvalue weighted by molar-refractivity contribution is 5.85. The summed E-state index contributed by atoms with van der Waals surface area (Å²) in [5.74, 6) is 0. The molecule has 1 saturated heterocycles. The van der Waals surface area contributed by atoms with E-state index in [1.807, 2.05) is 6.07 Å². The number of fused-ring (bicyclic) bond motifs is 1. The van der Waals surface area contributed by atoms with E-state index in [4.69, 9.17) is 0 Å². The Labute approximate surface area is 163 Å². The molecular formula is C23H24F3N2+. The fourth-order valence-electron chi connectivity index (χ4n) is 4.10. The molecule has 0 amide bonds. The van der Waals surface area contributed by atoms with Crippen LogP contribution in [0.5, 0.6) is 0 Å². The molecule has 5 heteroatoms. The van der Waals surface area contributed by atoms with Gasteiger partial charge in [-0.3, -0.25) is 4.90 Å². The normalized spacial score (nSPS) is 16.5. The Hall–Kier alpha value is -2.37. The molecule has 0 aromatic heterocycles. The van der Waals surface area contributed by atoms with Crippen molar-refractivity contribution >= 4 is 10.8 Å². The van der Waals surface area contributed by atoms with Crippen LogP contribution in [0.3, 0.4) is 0 Å². The molecule has 4 rings (SSSR count). The Morgan fingerprint density at radius 3 is 2.21 bits per heavy atom. The number of quaternary nitrogens is 1. The van der Waals surface area contributed by atoms with E-state index in [9.17, 15) is 13.2 Å². The standard InChI is InChI=1S/C23H23F3N2/c24-23(25,26)22-11-4-2-7-20(22)17-28-14-12-27(13-15-28)16-19-9-5-8-18-6-1-3-10-21(18)19/h1-11H,12-17H2/p+1. The molecule has 0 radical (unpaired) electrons. The molecule has 1 heterocycles. The van der Waals surface area contributed by atoms with E-state index in [1.165, 1.54) is 33.4 Å². The predicted molar refractivity (Wildman–Crippen MR) is 105 cm³/mol. The zero-order valence-corrected chi connectivity index (χ0v) is 15.7. The van der Waals surface area contributed by atoms with Gasteiger partial charge in [0, 0.05) is 25.2 Å². The van der Waals surface area contributed by atoms with Crippen molar-refractivity contribution in [3.63, 3.8) is 0 Å². The van der Waals surface area contributed by atoms with Crippen LogP contribution in [-0.2, 0) is 19.3 Å². The highest BCUT2D eigenvalue weighted by Gasteiger charge is 2.34. The summed E-state index contributed by atoms with van der Waals surface area (Å²) in [6.45, 7) is 4.82. The van der Waals surface area contributed by atoms with Crippen LogP contribution in [0.15, 0.2) is 66.7 Å². The second-order valence-corrected chi connectivity index (χ2v) is 7.50. The quantitative estimate of drug-likeness (QED) is 0.719.